The van der Waals surface area contributed by atoms with Crippen molar-refractivity contribution in [3.05, 3.63) is 71.8 Å². The lowest BCUT2D eigenvalue weighted by atomic mass is 10.2. The largest absolute Gasteiger partial charge is 0.472 e. The van der Waals surface area contributed by atoms with Gasteiger partial charge < -0.3 is 13.9 Å². The maximum atomic E-state index is 12.9. The highest BCUT2D eigenvalue weighted by Crippen LogP contribution is 2.32. The van der Waals surface area contributed by atoms with Crippen LogP contribution in [0.25, 0.3) is 22.6 Å². The first-order chi connectivity index (χ1) is 13.7. The number of carbonyl (C=O) groups excluding carboxylic acids is 1. The molecule has 1 fully saturated rings. The molecule has 0 aliphatic carbocycles. The van der Waals surface area contributed by atoms with E-state index in [0.29, 0.717) is 23.7 Å². The molecule has 1 aliphatic heterocycles. The Bertz CT molecular complexity index is 1150. The van der Waals surface area contributed by atoms with Gasteiger partial charge in [-0.15, -0.1) is 0 Å². The predicted molar refractivity (Wildman–Crippen MR) is 106 cm³/mol. The predicted octanol–water partition coefficient (Wildman–Crippen LogP) is 4.43. The fourth-order valence-corrected chi connectivity index (χ4v) is 4.00. The molecular weight excluding hydrogens is 376 g/mol. The van der Waals surface area contributed by atoms with Crippen molar-refractivity contribution in [2.45, 2.75) is 12.5 Å². The van der Waals surface area contributed by atoms with Crippen molar-refractivity contribution in [1.82, 2.24) is 19.4 Å². The number of benzene rings is 1. The molecule has 6 nitrogen and oxygen atoms in total. The van der Waals surface area contributed by atoms with Crippen LogP contribution in [0.15, 0.2) is 65.6 Å². The summed E-state index contributed by atoms with van der Waals surface area (Å²) in [7, 11) is 0. The van der Waals surface area contributed by atoms with Gasteiger partial charge in [-0.2, -0.15) is 0 Å². The van der Waals surface area contributed by atoms with Crippen LogP contribution in [0.4, 0.5) is 0 Å². The molecule has 0 bridgehead atoms. The fraction of sp³-hybridized carbons (Fsp3) is 0.190. The molecule has 28 heavy (non-hydrogen) atoms. The number of carbonyl (C=O) groups is 1. The van der Waals surface area contributed by atoms with E-state index in [9.17, 15) is 4.79 Å². The third-order valence-electron chi connectivity index (χ3n) is 5.12. The number of aromatic nitrogens is 3. The van der Waals surface area contributed by atoms with Crippen LogP contribution in [0, 0.1) is 0 Å². The zero-order chi connectivity index (χ0) is 19.1. The molecular formula is C21H17ClN4O2. The highest BCUT2D eigenvalue weighted by Gasteiger charge is 2.31. The fourth-order valence-electron chi connectivity index (χ4n) is 3.81. The van der Waals surface area contributed by atoms with Crippen molar-refractivity contribution in [2.24, 2.45) is 0 Å². The van der Waals surface area contributed by atoms with Crippen molar-refractivity contribution in [1.29, 1.82) is 0 Å². The van der Waals surface area contributed by atoms with Gasteiger partial charge in [0.05, 0.1) is 17.9 Å². The maximum absolute atomic E-state index is 12.9. The van der Waals surface area contributed by atoms with Gasteiger partial charge in [0.15, 0.2) is 5.65 Å². The van der Waals surface area contributed by atoms with Crippen LogP contribution in [-0.4, -0.2) is 38.4 Å². The Morgan fingerprint density at radius 2 is 2.14 bits per heavy atom. The average Bonchev–Trinajstić information content (AvgIpc) is 3.45. The van der Waals surface area contributed by atoms with Gasteiger partial charge in [-0.25, -0.2) is 9.97 Å². The van der Waals surface area contributed by atoms with Crippen molar-refractivity contribution in [2.75, 3.05) is 13.1 Å². The lowest BCUT2D eigenvalue weighted by Gasteiger charge is -2.18. The van der Waals surface area contributed by atoms with E-state index in [1.807, 2.05) is 23.1 Å². The lowest BCUT2D eigenvalue weighted by Crippen LogP contribution is -2.29. The molecule has 1 aliphatic rings. The van der Waals surface area contributed by atoms with E-state index >= 15 is 0 Å². The molecule has 1 amide bonds. The van der Waals surface area contributed by atoms with E-state index in [1.54, 1.807) is 43.0 Å². The summed E-state index contributed by atoms with van der Waals surface area (Å²) < 4.78 is 7.39. The maximum Gasteiger partial charge on any atom is 0.253 e. The molecule has 3 aromatic heterocycles. The molecule has 0 spiro atoms. The second-order valence-corrected chi connectivity index (χ2v) is 7.30. The highest BCUT2D eigenvalue weighted by atomic mass is 35.5. The SMILES string of the molecule is O=C(c1cccc(Cl)c1)N1CC[C@H](n2c(-c3ccoc3)nc3cccnc32)C1. The number of imidazole rings is 1. The Kier molecular flexibility index (Phi) is 4.13. The zero-order valence-corrected chi connectivity index (χ0v) is 15.7. The Labute approximate surface area is 166 Å². The molecule has 0 saturated carbocycles. The van der Waals surface area contributed by atoms with Crippen LogP contribution < -0.4 is 0 Å². The number of rotatable bonds is 3. The lowest BCUT2D eigenvalue weighted by molar-refractivity contribution is 0.0788. The van der Waals surface area contributed by atoms with Crippen LogP contribution in [0.2, 0.25) is 5.02 Å². The monoisotopic (exact) mass is 392 g/mol. The Balaban J connectivity index is 1.50. The third kappa shape index (κ3) is 2.86. The Morgan fingerprint density at radius 3 is 2.96 bits per heavy atom. The molecule has 0 radical (unpaired) electrons. The van der Waals surface area contributed by atoms with Crippen LogP contribution in [0.1, 0.15) is 22.8 Å². The summed E-state index contributed by atoms with van der Waals surface area (Å²) in [6.07, 6.45) is 5.92. The van der Waals surface area contributed by atoms with E-state index < -0.39 is 0 Å². The number of nitrogens with zero attached hydrogens (tertiary/aromatic N) is 4. The number of halogens is 1. The number of fused-ring (bicyclic) bond motifs is 1. The first kappa shape index (κ1) is 17.0. The van der Waals surface area contributed by atoms with E-state index in [2.05, 4.69) is 9.55 Å². The minimum Gasteiger partial charge on any atom is -0.472 e. The van der Waals surface area contributed by atoms with Gasteiger partial charge in [0, 0.05) is 29.9 Å². The van der Waals surface area contributed by atoms with Gasteiger partial charge in [0.25, 0.3) is 5.91 Å². The smallest absolute Gasteiger partial charge is 0.253 e. The molecule has 140 valence electrons. The normalized spacial score (nSPS) is 16.8. The van der Waals surface area contributed by atoms with Gasteiger partial charge in [0.1, 0.15) is 17.6 Å². The van der Waals surface area contributed by atoms with Crippen LogP contribution in [0.3, 0.4) is 0 Å². The van der Waals surface area contributed by atoms with E-state index in [4.69, 9.17) is 21.0 Å². The molecule has 0 unspecified atom stereocenters. The van der Waals surface area contributed by atoms with E-state index in [-0.39, 0.29) is 11.9 Å². The molecule has 7 heteroatoms. The standard InChI is InChI=1S/C21H17ClN4O2/c22-16-4-1-3-14(11-16)21(27)25-9-6-17(12-25)26-19(15-7-10-28-13-15)24-18-5-2-8-23-20(18)26/h1-5,7-8,10-11,13,17H,6,9,12H2/t17-/m0/s1. The first-order valence-electron chi connectivity index (χ1n) is 9.11. The van der Waals surface area contributed by atoms with Gasteiger partial charge in [-0.1, -0.05) is 17.7 Å². The minimum atomic E-state index is -0.00718. The second kappa shape index (κ2) is 6.80. The molecule has 1 atom stereocenters. The van der Waals surface area contributed by atoms with Crippen molar-refractivity contribution in [3.8, 4) is 11.4 Å². The van der Waals surface area contributed by atoms with Crippen LogP contribution in [-0.2, 0) is 0 Å². The number of furan rings is 1. The summed E-state index contributed by atoms with van der Waals surface area (Å²) in [5.41, 5.74) is 3.16. The Hall–Kier alpha value is -3.12. The summed E-state index contributed by atoms with van der Waals surface area (Å²) in [5.74, 6) is 0.803. The number of hydrogen-bond donors (Lipinski definition) is 0. The van der Waals surface area contributed by atoms with Gasteiger partial charge >= 0.3 is 0 Å². The second-order valence-electron chi connectivity index (χ2n) is 6.87. The van der Waals surface area contributed by atoms with Crippen molar-refractivity contribution in [3.63, 3.8) is 0 Å². The summed E-state index contributed by atoms with van der Waals surface area (Å²) in [4.78, 5) is 24.1. The average molecular weight is 393 g/mol. The minimum absolute atomic E-state index is 0.00718. The van der Waals surface area contributed by atoms with Gasteiger partial charge in [0.2, 0.25) is 0 Å². The highest BCUT2D eigenvalue weighted by molar-refractivity contribution is 6.30. The summed E-state index contributed by atoms with van der Waals surface area (Å²) in [6.45, 7) is 1.27. The van der Waals surface area contributed by atoms with Crippen molar-refractivity contribution < 1.29 is 9.21 Å². The Morgan fingerprint density at radius 1 is 1.21 bits per heavy atom. The molecule has 4 aromatic rings. The topological polar surface area (TPSA) is 64.2 Å². The number of pyridine rings is 1. The molecule has 1 aromatic carbocycles. The molecule has 5 rings (SSSR count). The quantitative estimate of drug-likeness (QED) is 0.517. The third-order valence-corrected chi connectivity index (χ3v) is 5.35. The summed E-state index contributed by atoms with van der Waals surface area (Å²) in [5, 5.41) is 0.564. The number of likely N-dealkylation sites (tertiary alicyclic amines) is 1. The summed E-state index contributed by atoms with van der Waals surface area (Å²) in [6, 6.07) is 12.9. The zero-order valence-electron chi connectivity index (χ0n) is 15.0. The number of hydrogen-bond acceptors (Lipinski definition) is 4. The van der Waals surface area contributed by atoms with Gasteiger partial charge in [-0.05, 0) is 42.8 Å². The van der Waals surface area contributed by atoms with Crippen LogP contribution in [0.5, 0.6) is 0 Å². The van der Waals surface area contributed by atoms with Crippen LogP contribution >= 0.6 is 11.6 Å². The van der Waals surface area contributed by atoms with Gasteiger partial charge in [-0.3, -0.25) is 4.79 Å². The summed E-state index contributed by atoms with van der Waals surface area (Å²) >= 11 is 6.05. The molecule has 4 heterocycles. The van der Waals surface area contributed by atoms with Crippen molar-refractivity contribution >= 4 is 28.7 Å². The first-order valence-corrected chi connectivity index (χ1v) is 9.49. The molecule has 1 saturated heterocycles. The van der Waals surface area contributed by atoms with E-state index in [1.165, 1.54) is 0 Å². The van der Waals surface area contributed by atoms with E-state index in [0.717, 1.165) is 29.0 Å². The number of amides is 1. The molecule has 0 N–H and O–H groups in total.